The minimum Gasteiger partial charge on any atom is -0.492 e. The Hall–Kier alpha value is -1.95. The molecule has 3 N–H and O–H groups in total. The number of nitrogens with one attached hydrogen (secondary N) is 1. The summed E-state index contributed by atoms with van der Waals surface area (Å²) < 4.78 is 5.92. The van der Waals surface area contributed by atoms with Gasteiger partial charge in [0.05, 0.1) is 5.56 Å². The van der Waals surface area contributed by atoms with Crippen molar-refractivity contribution in [3.05, 3.63) is 59.7 Å². The second-order valence-corrected chi connectivity index (χ2v) is 5.75. The van der Waals surface area contributed by atoms with E-state index in [1.54, 1.807) is 18.2 Å². The Balaban J connectivity index is 0.00000338. The number of carbonyl (C=O) groups excluding carboxylic acids is 1. The average Bonchev–Trinajstić information content (AvgIpc) is 2.64. The molecule has 7 heteroatoms. The Labute approximate surface area is 174 Å². The van der Waals surface area contributed by atoms with Gasteiger partial charge in [0.15, 0.2) is 0 Å². The summed E-state index contributed by atoms with van der Waals surface area (Å²) in [7, 11) is 0. The lowest BCUT2D eigenvalue weighted by atomic mass is 10.1. The third kappa shape index (κ3) is 7.67. The van der Waals surface area contributed by atoms with Gasteiger partial charge in [-0.25, -0.2) is 0 Å². The first-order valence-corrected chi connectivity index (χ1v) is 8.71. The highest BCUT2D eigenvalue weighted by atomic mass is 35.5. The van der Waals surface area contributed by atoms with Crippen LogP contribution in [0.25, 0.3) is 0 Å². The summed E-state index contributed by atoms with van der Waals surface area (Å²) in [4.78, 5) is 14.6. The van der Waals surface area contributed by atoms with Gasteiger partial charge in [0, 0.05) is 24.3 Å². The molecule has 1 amide bonds. The number of likely N-dealkylation sites (N-methyl/N-ethyl adjacent to an activating group) is 1. The molecule has 0 aliphatic rings. The smallest absolute Gasteiger partial charge is 0.253 e. The minimum absolute atomic E-state index is 0. The topological polar surface area (TPSA) is 67.6 Å². The number of hydrogen-bond acceptors (Lipinski definition) is 4. The predicted octanol–water partition coefficient (Wildman–Crippen LogP) is 3.76. The van der Waals surface area contributed by atoms with Gasteiger partial charge in [-0.2, -0.15) is 0 Å². The Morgan fingerprint density at radius 3 is 2.33 bits per heavy atom. The van der Waals surface area contributed by atoms with Gasteiger partial charge in [0.1, 0.15) is 12.4 Å². The zero-order valence-electron chi connectivity index (χ0n) is 15.8. The number of nitrogens with two attached hydrogens (primary N) is 1. The number of rotatable bonds is 9. The van der Waals surface area contributed by atoms with E-state index in [9.17, 15) is 4.79 Å². The lowest BCUT2D eigenvalue weighted by molar-refractivity contribution is 0.0951. The summed E-state index contributed by atoms with van der Waals surface area (Å²) in [6.45, 7) is 8.21. The minimum atomic E-state index is -0.184. The van der Waals surface area contributed by atoms with Crippen LogP contribution in [0.15, 0.2) is 48.5 Å². The van der Waals surface area contributed by atoms with Crippen molar-refractivity contribution in [1.29, 1.82) is 0 Å². The van der Waals surface area contributed by atoms with Gasteiger partial charge in [-0.05, 0) is 31.3 Å². The van der Waals surface area contributed by atoms with Gasteiger partial charge < -0.3 is 20.7 Å². The quantitative estimate of drug-likeness (QED) is 0.613. The van der Waals surface area contributed by atoms with Crippen LogP contribution in [0.5, 0.6) is 5.75 Å². The van der Waals surface area contributed by atoms with Crippen LogP contribution in [0, 0.1) is 0 Å². The van der Waals surface area contributed by atoms with Crippen LogP contribution in [0.2, 0.25) is 0 Å². The van der Waals surface area contributed by atoms with Crippen LogP contribution in [-0.2, 0) is 6.54 Å². The van der Waals surface area contributed by atoms with E-state index in [-0.39, 0.29) is 30.7 Å². The highest BCUT2D eigenvalue weighted by molar-refractivity contribution is 5.99. The standard InChI is InChI=1S/C20H27N3O2.2ClH/c1-3-23(4-2)13-14-25-19-12-8-5-9-16(19)15-22-20(24)17-10-6-7-11-18(17)21;;/h5-12H,3-4,13-15,21H2,1-2H3,(H,22,24);2*1H. The van der Waals surface area contributed by atoms with E-state index in [4.69, 9.17) is 10.5 Å². The van der Waals surface area contributed by atoms with Crippen molar-refractivity contribution >= 4 is 36.4 Å². The highest BCUT2D eigenvalue weighted by Crippen LogP contribution is 2.18. The van der Waals surface area contributed by atoms with E-state index < -0.39 is 0 Å². The first-order valence-electron chi connectivity index (χ1n) is 8.71. The van der Waals surface area contributed by atoms with Crippen molar-refractivity contribution in [2.45, 2.75) is 20.4 Å². The molecule has 2 aromatic carbocycles. The summed E-state index contributed by atoms with van der Waals surface area (Å²) in [6, 6.07) is 14.8. The van der Waals surface area contributed by atoms with Gasteiger partial charge in [-0.15, -0.1) is 24.8 Å². The van der Waals surface area contributed by atoms with Crippen molar-refractivity contribution in [3.63, 3.8) is 0 Å². The number of halogens is 2. The highest BCUT2D eigenvalue weighted by Gasteiger charge is 2.10. The molecule has 0 bridgehead atoms. The molecule has 0 aliphatic carbocycles. The van der Waals surface area contributed by atoms with Crippen LogP contribution < -0.4 is 15.8 Å². The number of benzene rings is 2. The van der Waals surface area contributed by atoms with E-state index in [0.717, 1.165) is 30.9 Å². The maximum absolute atomic E-state index is 12.3. The Kier molecular flexibility index (Phi) is 12.3. The van der Waals surface area contributed by atoms with Gasteiger partial charge >= 0.3 is 0 Å². The molecule has 0 radical (unpaired) electrons. The van der Waals surface area contributed by atoms with Crippen LogP contribution >= 0.6 is 24.8 Å². The summed E-state index contributed by atoms with van der Waals surface area (Å²) in [5.74, 6) is 0.618. The molecule has 5 nitrogen and oxygen atoms in total. The number of amides is 1. The second kappa shape index (κ2) is 13.3. The largest absolute Gasteiger partial charge is 0.492 e. The van der Waals surface area contributed by atoms with Gasteiger partial charge in [-0.3, -0.25) is 4.79 Å². The van der Waals surface area contributed by atoms with Crippen LogP contribution in [0.3, 0.4) is 0 Å². The number of ether oxygens (including phenoxy) is 1. The molecule has 0 aromatic heterocycles. The van der Waals surface area contributed by atoms with Gasteiger partial charge in [-0.1, -0.05) is 44.2 Å². The molecule has 0 saturated carbocycles. The van der Waals surface area contributed by atoms with E-state index in [1.807, 2.05) is 30.3 Å². The summed E-state index contributed by atoms with van der Waals surface area (Å²) in [5, 5.41) is 2.91. The van der Waals surface area contributed by atoms with Crippen molar-refractivity contribution < 1.29 is 9.53 Å². The fourth-order valence-corrected chi connectivity index (χ4v) is 2.59. The first kappa shape index (κ1) is 25.1. The Morgan fingerprint density at radius 2 is 1.67 bits per heavy atom. The third-order valence-electron chi connectivity index (χ3n) is 4.18. The van der Waals surface area contributed by atoms with Gasteiger partial charge in [0.25, 0.3) is 5.91 Å². The molecule has 2 rings (SSSR count). The summed E-state index contributed by atoms with van der Waals surface area (Å²) in [5.41, 5.74) is 7.76. The first-order chi connectivity index (χ1) is 12.2. The molecule has 2 aromatic rings. The molecule has 27 heavy (non-hydrogen) atoms. The predicted molar refractivity (Wildman–Crippen MR) is 116 cm³/mol. The van der Waals surface area contributed by atoms with E-state index in [0.29, 0.717) is 24.4 Å². The maximum atomic E-state index is 12.3. The number of nitrogen functional groups attached to an aromatic ring is 1. The van der Waals surface area contributed by atoms with Crippen molar-refractivity contribution in [3.8, 4) is 5.75 Å². The molecule has 0 unspecified atom stereocenters. The molecule has 0 saturated heterocycles. The second-order valence-electron chi connectivity index (χ2n) is 5.75. The fourth-order valence-electron chi connectivity index (χ4n) is 2.59. The molecule has 150 valence electrons. The lowest BCUT2D eigenvalue weighted by Gasteiger charge is -2.19. The van der Waals surface area contributed by atoms with Crippen LogP contribution in [0.4, 0.5) is 5.69 Å². The zero-order valence-corrected chi connectivity index (χ0v) is 17.4. The van der Waals surface area contributed by atoms with Crippen molar-refractivity contribution in [2.75, 3.05) is 32.0 Å². The number of hydrogen-bond donors (Lipinski definition) is 2. The SMILES string of the molecule is CCN(CC)CCOc1ccccc1CNC(=O)c1ccccc1N.Cl.Cl. The maximum Gasteiger partial charge on any atom is 0.253 e. The molecule has 0 fully saturated rings. The van der Waals surface area contributed by atoms with E-state index in [1.165, 1.54) is 0 Å². The van der Waals surface area contributed by atoms with Crippen LogP contribution in [0.1, 0.15) is 29.8 Å². The van der Waals surface area contributed by atoms with Gasteiger partial charge in [0.2, 0.25) is 0 Å². The fraction of sp³-hybridized carbons (Fsp3) is 0.350. The molecule has 0 atom stereocenters. The normalized spacial score (nSPS) is 9.89. The molecule has 0 heterocycles. The lowest BCUT2D eigenvalue weighted by Crippen LogP contribution is -2.28. The average molecular weight is 414 g/mol. The number of anilines is 1. The molecule has 0 aliphatic heterocycles. The third-order valence-corrected chi connectivity index (χ3v) is 4.18. The molecule has 0 spiro atoms. The zero-order chi connectivity index (χ0) is 18.1. The van der Waals surface area contributed by atoms with Crippen LogP contribution in [-0.4, -0.2) is 37.0 Å². The molecular formula is C20H29Cl2N3O2. The Bertz CT molecular complexity index is 694. The number of para-hydroxylation sites is 2. The van der Waals surface area contributed by atoms with E-state index >= 15 is 0 Å². The summed E-state index contributed by atoms with van der Waals surface area (Å²) in [6.07, 6.45) is 0. The summed E-state index contributed by atoms with van der Waals surface area (Å²) >= 11 is 0. The van der Waals surface area contributed by atoms with Crippen molar-refractivity contribution in [1.82, 2.24) is 10.2 Å². The Morgan fingerprint density at radius 1 is 1.04 bits per heavy atom. The monoisotopic (exact) mass is 413 g/mol. The van der Waals surface area contributed by atoms with Crippen molar-refractivity contribution in [2.24, 2.45) is 0 Å². The van der Waals surface area contributed by atoms with E-state index in [2.05, 4.69) is 24.1 Å². The number of nitrogens with zero attached hydrogens (tertiary/aromatic N) is 1. The molecular weight excluding hydrogens is 385 g/mol. The number of carbonyl (C=O) groups is 1.